The molecule has 8 nitrogen and oxygen atoms in total. The highest BCUT2D eigenvalue weighted by Crippen LogP contribution is 2.27. The maximum Gasteiger partial charge on any atom is 0.293 e. The molecular formula is C30H38Cl2N6O2. The van der Waals surface area contributed by atoms with Gasteiger partial charge in [0.25, 0.3) is 6.47 Å². The van der Waals surface area contributed by atoms with Crippen LogP contribution in [0, 0.1) is 0 Å². The van der Waals surface area contributed by atoms with E-state index in [2.05, 4.69) is 45.6 Å². The number of nitrogens with one attached hydrogen (secondary N) is 2. The lowest BCUT2D eigenvalue weighted by Gasteiger charge is -2.31. The third kappa shape index (κ3) is 8.80. The fourth-order valence-corrected chi connectivity index (χ4v) is 5.56. The smallest absolute Gasteiger partial charge is 0.293 e. The molecule has 0 spiro atoms. The Labute approximate surface area is 246 Å². The highest BCUT2D eigenvalue weighted by molar-refractivity contribution is 6.36. The van der Waals surface area contributed by atoms with Crippen molar-refractivity contribution in [3.63, 3.8) is 0 Å². The van der Waals surface area contributed by atoms with Crippen LogP contribution in [0.1, 0.15) is 43.7 Å². The average Bonchev–Trinajstić information content (AvgIpc) is 3.47. The van der Waals surface area contributed by atoms with Gasteiger partial charge in [-0.05, 0) is 62.8 Å². The first-order valence-electron chi connectivity index (χ1n) is 13.9. The number of hydrogen-bond acceptors (Lipinski definition) is 8. The molecule has 1 aliphatic carbocycles. The molecular weight excluding hydrogens is 547 g/mol. The summed E-state index contributed by atoms with van der Waals surface area (Å²) in [6, 6.07) is 14.4. The Morgan fingerprint density at radius 2 is 1.93 bits per heavy atom. The topological polar surface area (TPSA) is 105 Å². The molecule has 2 fully saturated rings. The van der Waals surface area contributed by atoms with Crippen molar-refractivity contribution in [1.82, 2.24) is 20.2 Å². The van der Waals surface area contributed by atoms with E-state index in [-0.39, 0.29) is 6.10 Å². The monoisotopic (exact) mass is 584 g/mol. The van der Waals surface area contributed by atoms with Crippen molar-refractivity contribution in [3.05, 3.63) is 69.8 Å². The molecule has 1 saturated carbocycles. The number of hydrogen-bond donors (Lipinski definition) is 3. The first kappa shape index (κ1) is 30.1. The summed E-state index contributed by atoms with van der Waals surface area (Å²) < 4.78 is 4.72. The molecule has 1 unspecified atom stereocenters. The number of benzene rings is 2. The number of carbonyl (C=O) groups excluding carboxylic acids is 1. The number of ether oxygens (including phenoxy) is 1. The molecule has 0 radical (unpaired) electrons. The highest BCUT2D eigenvalue weighted by Gasteiger charge is 2.16. The van der Waals surface area contributed by atoms with Crippen molar-refractivity contribution in [2.45, 2.75) is 57.7 Å². The molecule has 3 aromatic rings. The Bertz CT molecular complexity index is 1230. The number of nitrogens with two attached hydrogens (primary N) is 1. The fourth-order valence-electron chi connectivity index (χ4n) is 5.03. The van der Waals surface area contributed by atoms with Crippen molar-refractivity contribution in [2.24, 2.45) is 0 Å². The van der Waals surface area contributed by atoms with Crippen LogP contribution in [0.15, 0.2) is 48.7 Å². The lowest BCUT2D eigenvalue weighted by Crippen LogP contribution is -2.49. The molecule has 1 atom stereocenters. The van der Waals surface area contributed by atoms with Gasteiger partial charge < -0.3 is 26.0 Å². The third-order valence-corrected chi connectivity index (χ3v) is 7.95. The van der Waals surface area contributed by atoms with Crippen molar-refractivity contribution >= 4 is 41.3 Å². The van der Waals surface area contributed by atoms with Gasteiger partial charge in [-0.3, -0.25) is 4.79 Å². The van der Waals surface area contributed by atoms with Gasteiger partial charge in [0.2, 0.25) is 0 Å². The van der Waals surface area contributed by atoms with Crippen LogP contribution in [0.25, 0.3) is 11.3 Å². The minimum Gasteiger partial charge on any atom is -0.465 e. The van der Waals surface area contributed by atoms with E-state index in [1.54, 1.807) is 6.20 Å². The van der Waals surface area contributed by atoms with Crippen LogP contribution in [0.2, 0.25) is 10.0 Å². The number of halogens is 2. The zero-order chi connectivity index (χ0) is 28.3. The van der Waals surface area contributed by atoms with E-state index in [0.29, 0.717) is 40.7 Å². The summed E-state index contributed by atoms with van der Waals surface area (Å²) in [5, 5.41) is 7.91. The molecule has 4 N–H and O–H groups in total. The number of anilines is 2. The number of rotatable bonds is 9. The van der Waals surface area contributed by atoms with Crippen LogP contribution < -0.4 is 16.4 Å². The summed E-state index contributed by atoms with van der Waals surface area (Å²) in [6.07, 6.45) is 7.53. The Kier molecular flexibility index (Phi) is 11.4. The van der Waals surface area contributed by atoms with E-state index in [1.165, 1.54) is 18.4 Å². The predicted molar refractivity (Wildman–Crippen MR) is 163 cm³/mol. The minimum absolute atomic E-state index is 0.243. The van der Waals surface area contributed by atoms with Gasteiger partial charge in [0.05, 0.1) is 11.9 Å². The molecule has 2 heterocycles. The van der Waals surface area contributed by atoms with Gasteiger partial charge >= 0.3 is 0 Å². The Morgan fingerprint density at radius 3 is 2.65 bits per heavy atom. The SMILES string of the molecule is CC1CN(CCc2cccc(-c3cnc(N)c(NCc4c(Cl)cccc4Cl)n3)c2)CCN1.O=COC1CCCC1. The van der Waals surface area contributed by atoms with Crippen molar-refractivity contribution < 1.29 is 9.53 Å². The standard InChI is InChI=1S/C24H28Cl2N6.C6H10O2/c1-16-15-32(11-9-28-16)10-8-17-4-2-5-18(12-17)22-14-29-23(27)24(31-22)30-13-19-20(25)6-3-7-21(19)26;7-5-8-6-3-1-2-4-6/h2-7,12,14,16,28H,8-11,13,15H2,1H3,(H2,27,29)(H,30,31);5-6H,1-4H2. The van der Waals surface area contributed by atoms with Crippen LogP contribution in [0.4, 0.5) is 11.6 Å². The van der Waals surface area contributed by atoms with Gasteiger partial charge in [-0.25, -0.2) is 9.97 Å². The Morgan fingerprint density at radius 1 is 1.18 bits per heavy atom. The molecule has 2 aromatic carbocycles. The number of carbonyl (C=O) groups is 1. The highest BCUT2D eigenvalue weighted by atomic mass is 35.5. The van der Waals surface area contributed by atoms with Gasteiger partial charge in [-0.1, -0.05) is 47.5 Å². The van der Waals surface area contributed by atoms with Gasteiger partial charge in [0.15, 0.2) is 11.6 Å². The summed E-state index contributed by atoms with van der Waals surface area (Å²) in [4.78, 5) is 21.3. The largest absolute Gasteiger partial charge is 0.465 e. The van der Waals surface area contributed by atoms with Crippen LogP contribution in [-0.4, -0.2) is 59.7 Å². The number of aromatic nitrogens is 2. The van der Waals surface area contributed by atoms with E-state index < -0.39 is 0 Å². The Balaban J connectivity index is 0.000000398. The molecule has 1 saturated heterocycles. The van der Waals surface area contributed by atoms with Crippen LogP contribution >= 0.6 is 23.2 Å². The van der Waals surface area contributed by atoms with Crippen LogP contribution in [-0.2, 0) is 22.5 Å². The first-order valence-corrected chi connectivity index (χ1v) is 14.6. The summed E-state index contributed by atoms with van der Waals surface area (Å²) in [5.74, 6) is 0.847. The Hall–Kier alpha value is -2.91. The van der Waals surface area contributed by atoms with Gasteiger partial charge in [0.1, 0.15) is 6.10 Å². The second kappa shape index (κ2) is 15.2. The predicted octanol–water partition coefficient (Wildman–Crippen LogP) is 5.58. The average molecular weight is 586 g/mol. The molecule has 40 heavy (non-hydrogen) atoms. The fraction of sp³-hybridized carbons (Fsp3) is 0.433. The maximum absolute atomic E-state index is 9.74. The molecule has 214 valence electrons. The number of piperazine rings is 1. The zero-order valence-corrected chi connectivity index (χ0v) is 24.4. The summed E-state index contributed by atoms with van der Waals surface area (Å²) in [7, 11) is 0. The summed E-state index contributed by atoms with van der Waals surface area (Å²) in [5.41, 5.74) is 9.93. The molecule has 10 heteroatoms. The summed E-state index contributed by atoms with van der Waals surface area (Å²) >= 11 is 12.6. The molecule has 1 aliphatic heterocycles. The molecule has 5 rings (SSSR count). The summed E-state index contributed by atoms with van der Waals surface area (Å²) in [6.45, 7) is 7.48. The quantitative estimate of drug-likeness (QED) is 0.280. The van der Waals surface area contributed by atoms with E-state index >= 15 is 0 Å². The van der Waals surface area contributed by atoms with Crippen molar-refractivity contribution in [2.75, 3.05) is 37.2 Å². The van der Waals surface area contributed by atoms with E-state index in [4.69, 9.17) is 38.7 Å². The van der Waals surface area contributed by atoms with E-state index in [9.17, 15) is 4.79 Å². The zero-order valence-electron chi connectivity index (χ0n) is 22.9. The molecule has 0 bridgehead atoms. The second-order valence-corrected chi connectivity index (χ2v) is 11.1. The van der Waals surface area contributed by atoms with E-state index in [1.807, 2.05) is 24.3 Å². The van der Waals surface area contributed by atoms with Crippen LogP contribution in [0.5, 0.6) is 0 Å². The van der Waals surface area contributed by atoms with E-state index in [0.717, 1.165) is 62.3 Å². The number of nitrogen functional groups attached to an aromatic ring is 1. The molecule has 1 aromatic heterocycles. The lowest BCUT2D eigenvalue weighted by molar-refractivity contribution is -0.133. The van der Waals surface area contributed by atoms with Gasteiger partial charge in [0, 0.05) is 59.9 Å². The first-order chi connectivity index (χ1) is 19.4. The second-order valence-electron chi connectivity index (χ2n) is 10.3. The number of nitrogens with zero attached hydrogens (tertiary/aromatic N) is 3. The minimum atomic E-state index is 0.243. The van der Waals surface area contributed by atoms with Crippen LogP contribution in [0.3, 0.4) is 0 Å². The molecule has 2 aliphatic rings. The molecule has 0 amide bonds. The van der Waals surface area contributed by atoms with Gasteiger partial charge in [-0.2, -0.15) is 0 Å². The third-order valence-electron chi connectivity index (χ3n) is 7.24. The van der Waals surface area contributed by atoms with Gasteiger partial charge in [-0.15, -0.1) is 0 Å². The van der Waals surface area contributed by atoms with Crippen molar-refractivity contribution in [3.8, 4) is 11.3 Å². The normalized spacial score (nSPS) is 17.6. The maximum atomic E-state index is 9.74. The lowest BCUT2D eigenvalue weighted by atomic mass is 10.1. The van der Waals surface area contributed by atoms with Crippen molar-refractivity contribution in [1.29, 1.82) is 0 Å².